The van der Waals surface area contributed by atoms with Crippen LogP contribution in [-0.2, 0) is 0 Å². The second-order valence-corrected chi connectivity index (χ2v) is 5.21. The van der Waals surface area contributed by atoms with E-state index in [2.05, 4.69) is 51.4 Å². The number of hydrogen-bond acceptors (Lipinski definition) is 0. The van der Waals surface area contributed by atoms with Crippen LogP contribution in [0.2, 0.25) is 0 Å². The average molecular weight is 324 g/mol. The van der Waals surface area contributed by atoms with Gasteiger partial charge >= 0.3 is 0 Å². The Hall–Kier alpha value is 0.480. The van der Waals surface area contributed by atoms with Crippen molar-refractivity contribution in [3.63, 3.8) is 0 Å². The molecular formula is C12H20Br2. The molecule has 0 aliphatic heterocycles. The van der Waals surface area contributed by atoms with Gasteiger partial charge in [0, 0.05) is 10.7 Å². The first kappa shape index (κ1) is 14.5. The third-order valence-electron chi connectivity index (χ3n) is 2.05. The van der Waals surface area contributed by atoms with Crippen molar-refractivity contribution in [3.8, 4) is 0 Å². The number of hydrogen-bond donors (Lipinski definition) is 0. The molecule has 0 N–H and O–H groups in total. The molecule has 0 amide bonds. The van der Waals surface area contributed by atoms with Crippen LogP contribution in [0.4, 0.5) is 0 Å². The molecule has 0 saturated heterocycles. The zero-order chi connectivity index (χ0) is 10.8. The maximum Gasteiger partial charge on any atom is 0.00345 e. The van der Waals surface area contributed by atoms with Gasteiger partial charge in [-0.05, 0) is 57.1 Å². The van der Waals surface area contributed by atoms with Crippen LogP contribution in [0, 0.1) is 0 Å². The predicted molar refractivity (Wildman–Crippen MR) is 72.6 cm³/mol. The molecule has 0 rings (SSSR count). The predicted octanol–water partition coefficient (Wildman–Crippen LogP) is 5.22. The maximum absolute atomic E-state index is 3.47. The van der Waals surface area contributed by atoms with Gasteiger partial charge in [-0.3, -0.25) is 0 Å². The molecule has 14 heavy (non-hydrogen) atoms. The number of allylic oxidation sites excluding steroid dienone is 1. The Bertz CT molecular complexity index is 200. The van der Waals surface area contributed by atoms with Gasteiger partial charge in [0.05, 0.1) is 0 Å². The fourth-order valence-corrected chi connectivity index (χ4v) is 1.98. The van der Waals surface area contributed by atoms with Crippen LogP contribution in [0.1, 0.15) is 46.0 Å². The summed E-state index contributed by atoms with van der Waals surface area (Å²) in [4.78, 5) is 0. The lowest BCUT2D eigenvalue weighted by Crippen LogP contribution is -1.81. The highest BCUT2D eigenvalue weighted by Gasteiger charge is 1.91. The van der Waals surface area contributed by atoms with Gasteiger partial charge in [0.1, 0.15) is 0 Å². The Morgan fingerprint density at radius 3 is 1.86 bits per heavy atom. The van der Waals surface area contributed by atoms with Crippen LogP contribution in [0.15, 0.2) is 16.9 Å². The number of unbranched alkanes of at least 4 members (excludes halogenated alkanes) is 1. The molecule has 0 aliphatic carbocycles. The van der Waals surface area contributed by atoms with E-state index in [9.17, 15) is 0 Å². The summed E-state index contributed by atoms with van der Waals surface area (Å²) in [5, 5.41) is 2.21. The minimum atomic E-state index is 1.09. The molecule has 0 aliphatic rings. The van der Waals surface area contributed by atoms with Crippen molar-refractivity contribution in [2.24, 2.45) is 0 Å². The van der Waals surface area contributed by atoms with Crippen molar-refractivity contribution in [2.45, 2.75) is 46.0 Å². The van der Waals surface area contributed by atoms with Gasteiger partial charge in [0.15, 0.2) is 0 Å². The summed E-state index contributed by atoms with van der Waals surface area (Å²) in [5.74, 6) is 0. The number of rotatable bonds is 7. The van der Waals surface area contributed by atoms with Crippen LogP contribution < -0.4 is 0 Å². The Morgan fingerprint density at radius 1 is 0.857 bits per heavy atom. The van der Waals surface area contributed by atoms with E-state index >= 15 is 0 Å². The molecule has 0 atom stereocenters. The molecule has 0 aromatic rings. The monoisotopic (exact) mass is 322 g/mol. The summed E-state index contributed by atoms with van der Waals surface area (Å²) in [6.45, 7) is 4.36. The van der Waals surface area contributed by atoms with Gasteiger partial charge in [-0.15, -0.1) is 5.73 Å². The van der Waals surface area contributed by atoms with Crippen molar-refractivity contribution in [2.75, 3.05) is 10.7 Å². The molecule has 0 bridgehead atoms. The second kappa shape index (κ2) is 10.0. The lowest BCUT2D eigenvalue weighted by Gasteiger charge is -1.98. The normalized spacial score (nSPS) is 9.71. The third-order valence-corrected chi connectivity index (χ3v) is 3.17. The topological polar surface area (TPSA) is 0 Å². The summed E-state index contributed by atoms with van der Waals surface area (Å²) in [7, 11) is 0. The van der Waals surface area contributed by atoms with E-state index in [0.29, 0.717) is 0 Å². The summed E-state index contributed by atoms with van der Waals surface area (Å²) < 4.78 is 0. The highest BCUT2D eigenvalue weighted by molar-refractivity contribution is 9.09. The molecule has 0 spiro atoms. The molecule has 0 heterocycles. The van der Waals surface area contributed by atoms with Gasteiger partial charge in [-0.1, -0.05) is 31.9 Å². The average Bonchev–Trinajstić information content (AvgIpc) is 2.15. The molecule has 0 aromatic carbocycles. The number of halogens is 2. The molecule has 0 radical (unpaired) electrons. The van der Waals surface area contributed by atoms with Crippen molar-refractivity contribution in [1.29, 1.82) is 0 Å². The highest BCUT2D eigenvalue weighted by Crippen LogP contribution is 2.10. The molecule has 2 heteroatoms. The van der Waals surface area contributed by atoms with Gasteiger partial charge in [0.25, 0.3) is 0 Å². The van der Waals surface area contributed by atoms with Crippen molar-refractivity contribution >= 4 is 31.9 Å². The quantitative estimate of drug-likeness (QED) is 0.342. The van der Waals surface area contributed by atoms with E-state index in [1.54, 1.807) is 0 Å². The molecular weight excluding hydrogens is 304 g/mol. The minimum absolute atomic E-state index is 1.09. The molecule has 0 unspecified atom stereocenters. The van der Waals surface area contributed by atoms with E-state index in [1.165, 1.54) is 43.3 Å². The SMILES string of the molecule is CC(=C=C(C)CCCCBr)CCCBr. The van der Waals surface area contributed by atoms with Crippen molar-refractivity contribution in [3.05, 3.63) is 16.9 Å². The Labute approximate surface area is 105 Å². The van der Waals surface area contributed by atoms with Crippen LogP contribution in [0.5, 0.6) is 0 Å². The lowest BCUT2D eigenvalue weighted by atomic mass is 10.1. The zero-order valence-electron chi connectivity index (χ0n) is 9.21. The summed E-state index contributed by atoms with van der Waals surface area (Å²) >= 11 is 6.89. The van der Waals surface area contributed by atoms with Gasteiger partial charge in [-0.2, -0.15) is 0 Å². The smallest absolute Gasteiger partial charge is 0.00345 e. The third kappa shape index (κ3) is 9.05. The number of alkyl halides is 2. The standard InChI is InChI=1S/C12H20Br2/c1-11(6-3-4-8-13)10-12(2)7-5-9-14/h3-9H2,1-2H3. The van der Waals surface area contributed by atoms with E-state index < -0.39 is 0 Å². The summed E-state index contributed by atoms with van der Waals surface area (Å²) in [6, 6.07) is 0. The highest BCUT2D eigenvalue weighted by atomic mass is 79.9. The Kier molecular flexibility index (Phi) is 10.4. The van der Waals surface area contributed by atoms with Crippen LogP contribution in [0.3, 0.4) is 0 Å². The van der Waals surface area contributed by atoms with E-state index in [0.717, 1.165) is 10.7 Å². The van der Waals surface area contributed by atoms with E-state index in [-0.39, 0.29) is 0 Å². The Balaban J connectivity index is 3.90. The van der Waals surface area contributed by atoms with Crippen LogP contribution in [-0.4, -0.2) is 10.7 Å². The summed E-state index contributed by atoms with van der Waals surface area (Å²) in [5.41, 5.74) is 6.26. The lowest BCUT2D eigenvalue weighted by molar-refractivity contribution is 0.797. The first-order chi connectivity index (χ1) is 6.70. The molecule has 0 fully saturated rings. The van der Waals surface area contributed by atoms with E-state index in [1.807, 2.05) is 0 Å². The van der Waals surface area contributed by atoms with Gasteiger partial charge in [0.2, 0.25) is 0 Å². The fourth-order valence-electron chi connectivity index (χ4n) is 1.31. The van der Waals surface area contributed by atoms with Gasteiger partial charge < -0.3 is 0 Å². The van der Waals surface area contributed by atoms with Gasteiger partial charge in [-0.25, -0.2) is 0 Å². The van der Waals surface area contributed by atoms with E-state index in [4.69, 9.17) is 0 Å². The largest absolute Gasteiger partial charge is 0.123 e. The second-order valence-electron chi connectivity index (χ2n) is 3.62. The fraction of sp³-hybridized carbons (Fsp3) is 0.750. The van der Waals surface area contributed by atoms with Crippen LogP contribution >= 0.6 is 31.9 Å². The van der Waals surface area contributed by atoms with Crippen molar-refractivity contribution in [1.82, 2.24) is 0 Å². The Morgan fingerprint density at radius 2 is 1.36 bits per heavy atom. The molecule has 0 aromatic heterocycles. The zero-order valence-corrected chi connectivity index (χ0v) is 12.4. The summed E-state index contributed by atoms with van der Waals surface area (Å²) in [6.07, 6.45) is 6.11. The molecule has 82 valence electrons. The minimum Gasteiger partial charge on any atom is -0.123 e. The molecule has 0 nitrogen and oxygen atoms in total. The van der Waals surface area contributed by atoms with Crippen LogP contribution in [0.25, 0.3) is 0 Å². The maximum atomic E-state index is 3.47. The first-order valence-electron chi connectivity index (χ1n) is 5.24. The first-order valence-corrected chi connectivity index (χ1v) is 7.48. The molecule has 0 saturated carbocycles. The van der Waals surface area contributed by atoms with Crippen molar-refractivity contribution < 1.29 is 0 Å².